The van der Waals surface area contributed by atoms with Gasteiger partial charge in [0.25, 0.3) is 0 Å². The zero-order chi connectivity index (χ0) is 19.7. The van der Waals surface area contributed by atoms with Crippen LogP contribution in [0, 0.1) is 5.82 Å². The van der Waals surface area contributed by atoms with E-state index in [1.165, 1.54) is 19.1 Å². The van der Waals surface area contributed by atoms with E-state index in [0.29, 0.717) is 5.58 Å². The molecule has 0 saturated heterocycles. The van der Waals surface area contributed by atoms with E-state index in [2.05, 4.69) is 4.72 Å². The van der Waals surface area contributed by atoms with Crippen LogP contribution in [0.15, 0.2) is 57.8 Å². The van der Waals surface area contributed by atoms with Crippen LogP contribution in [0.1, 0.15) is 19.6 Å². The topological polar surface area (TPSA) is 88.8 Å². The van der Waals surface area contributed by atoms with E-state index < -0.39 is 21.4 Å². The molecule has 1 aromatic heterocycles. The van der Waals surface area contributed by atoms with E-state index in [0.717, 1.165) is 11.5 Å². The van der Waals surface area contributed by atoms with E-state index in [1.807, 2.05) is 12.1 Å². The summed E-state index contributed by atoms with van der Waals surface area (Å²) >= 11 is 0. The van der Waals surface area contributed by atoms with Crippen molar-refractivity contribution in [1.82, 2.24) is 4.72 Å². The Labute approximate surface area is 156 Å². The van der Waals surface area contributed by atoms with Gasteiger partial charge in [-0.25, -0.2) is 17.5 Å². The molecule has 0 aliphatic rings. The average Bonchev–Trinajstić information content (AvgIpc) is 3.07. The summed E-state index contributed by atoms with van der Waals surface area (Å²) in [5.41, 5.74) is -1.00. The number of aliphatic hydroxyl groups is 1. The molecule has 144 valence electrons. The summed E-state index contributed by atoms with van der Waals surface area (Å²) in [7, 11) is -4.03. The summed E-state index contributed by atoms with van der Waals surface area (Å²) in [6.07, 6.45) is 0. The fourth-order valence-corrected chi connectivity index (χ4v) is 3.72. The molecular weight excluding hydrogens is 373 g/mol. The second-order valence-electron chi connectivity index (χ2n) is 6.27. The van der Waals surface area contributed by atoms with Gasteiger partial charge in [0, 0.05) is 11.9 Å². The van der Waals surface area contributed by atoms with Gasteiger partial charge >= 0.3 is 0 Å². The third-order valence-electron chi connectivity index (χ3n) is 4.08. The zero-order valence-electron chi connectivity index (χ0n) is 14.9. The average molecular weight is 393 g/mol. The van der Waals surface area contributed by atoms with Crippen LogP contribution in [-0.2, 0) is 15.6 Å². The smallest absolute Gasteiger partial charge is 0.240 e. The van der Waals surface area contributed by atoms with E-state index in [4.69, 9.17) is 9.15 Å². The van der Waals surface area contributed by atoms with Gasteiger partial charge in [-0.15, -0.1) is 0 Å². The normalized spacial score (nSPS) is 14.2. The third kappa shape index (κ3) is 4.13. The van der Waals surface area contributed by atoms with Crippen molar-refractivity contribution in [3.8, 4) is 5.75 Å². The molecule has 2 N–H and O–H groups in total. The predicted molar refractivity (Wildman–Crippen MR) is 98.5 cm³/mol. The summed E-state index contributed by atoms with van der Waals surface area (Å²) in [6.45, 7) is 3.06. The highest BCUT2D eigenvalue weighted by Gasteiger charge is 2.30. The van der Waals surface area contributed by atoms with Gasteiger partial charge in [0.1, 0.15) is 16.9 Å². The summed E-state index contributed by atoms with van der Waals surface area (Å²) in [6, 6.07) is 12.2. The molecule has 1 heterocycles. The van der Waals surface area contributed by atoms with E-state index in [9.17, 15) is 17.9 Å². The maximum absolute atomic E-state index is 13.9. The van der Waals surface area contributed by atoms with Gasteiger partial charge < -0.3 is 14.3 Å². The first kappa shape index (κ1) is 19.3. The molecule has 3 aromatic rings. The monoisotopic (exact) mass is 393 g/mol. The van der Waals surface area contributed by atoms with Crippen molar-refractivity contribution in [1.29, 1.82) is 0 Å². The van der Waals surface area contributed by atoms with Crippen LogP contribution in [-0.4, -0.2) is 26.7 Å². The number of nitrogens with one attached hydrogen (secondary N) is 1. The quantitative estimate of drug-likeness (QED) is 0.644. The number of hydrogen-bond acceptors (Lipinski definition) is 5. The van der Waals surface area contributed by atoms with E-state index in [-0.39, 0.29) is 29.6 Å². The molecular formula is C19H20FNO5S. The number of para-hydroxylation sites is 1. The van der Waals surface area contributed by atoms with Gasteiger partial charge in [-0.3, -0.25) is 0 Å². The lowest BCUT2D eigenvalue weighted by Crippen LogP contribution is -2.38. The lowest BCUT2D eigenvalue weighted by Gasteiger charge is -2.21. The second-order valence-corrected chi connectivity index (χ2v) is 8.04. The van der Waals surface area contributed by atoms with Crippen molar-refractivity contribution < 1.29 is 27.1 Å². The second kappa shape index (κ2) is 7.30. The van der Waals surface area contributed by atoms with Crippen LogP contribution in [0.25, 0.3) is 11.0 Å². The largest absolute Gasteiger partial charge is 0.491 e. The molecule has 6 nitrogen and oxygen atoms in total. The first-order valence-electron chi connectivity index (χ1n) is 8.36. The standard InChI is InChI=1S/C19H20FNO5S/c1-3-25-17-9-8-14(11-15(17)20)27(23,24)21-12-19(2,22)18-10-13-6-4-5-7-16(13)26-18/h4-11,21-22H,3,12H2,1-2H3/t19-/m0/s1. The van der Waals surface area contributed by atoms with Gasteiger partial charge in [-0.1, -0.05) is 18.2 Å². The molecule has 2 aromatic carbocycles. The number of hydrogen-bond donors (Lipinski definition) is 2. The van der Waals surface area contributed by atoms with Crippen LogP contribution in [0.3, 0.4) is 0 Å². The number of halogens is 1. The lowest BCUT2D eigenvalue weighted by molar-refractivity contribution is 0.0412. The fourth-order valence-electron chi connectivity index (χ4n) is 2.57. The van der Waals surface area contributed by atoms with Gasteiger partial charge in [-0.2, -0.15) is 0 Å². The van der Waals surface area contributed by atoms with E-state index >= 15 is 0 Å². The first-order chi connectivity index (χ1) is 12.7. The van der Waals surface area contributed by atoms with Gasteiger partial charge in [0.05, 0.1) is 11.5 Å². The summed E-state index contributed by atoms with van der Waals surface area (Å²) in [5.74, 6) is -0.571. The molecule has 0 bridgehead atoms. The number of sulfonamides is 1. The molecule has 0 amide bonds. The molecule has 0 radical (unpaired) electrons. The fraction of sp³-hybridized carbons (Fsp3) is 0.263. The molecule has 0 aliphatic heterocycles. The maximum atomic E-state index is 13.9. The van der Waals surface area contributed by atoms with Gasteiger partial charge in [0.15, 0.2) is 11.6 Å². The Hall–Kier alpha value is -2.42. The van der Waals surface area contributed by atoms with Crippen molar-refractivity contribution in [2.24, 2.45) is 0 Å². The van der Waals surface area contributed by atoms with Crippen LogP contribution in [0.4, 0.5) is 4.39 Å². The number of furan rings is 1. The molecule has 1 atom stereocenters. The van der Waals surface area contributed by atoms with Gasteiger partial charge in [-0.05, 0) is 44.2 Å². The molecule has 0 unspecified atom stereocenters. The maximum Gasteiger partial charge on any atom is 0.240 e. The van der Waals surface area contributed by atoms with Gasteiger partial charge in [0.2, 0.25) is 10.0 Å². The zero-order valence-corrected chi connectivity index (χ0v) is 15.7. The minimum atomic E-state index is -4.03. The molecule has 0 saturated carbocycles. The molecule has 0 fully saturated rings. The first-order valence-corrected chi connectivity index (χ1v) is 9.85. The van der Waals surface area contributed by atoms with Crippen molar-refractivity contribution in [2.45, 2.75) is 24.3 Å². The highest BCUT2D eigenvalue weighted by atomic mass is 32.2. The van der Waals surface area contributed by atoms with Crippen LogP contribution >= 0.6 is 0 Å². The van der Waals surface area contributed by atoms with Crippen LogP contribution in [0.5, 0.6) is 5.75 Å². The van der Waals surface area contributed by atoms with Crippen molar-refractivity contribution in [3.05, 3.63) is 60.1 Å². The molecule has 8 heteroatoms. The Morgan fingerprint density at radius 1 is 1.22 bits per heavy atom. The highest BCUT2D eigenvalue weighted by Crippen LogP contribution is 2.28. The molecule has 0 aliphatic carbocycles. The van der Waals surface area contributed by atoms with Crippen LogP contribution < -0.4 is 9.46 Å². The Balaban J connectivity index is 1.78. The van der Waals surface area contributed by atoms with Crippen molar-refractivity contribution in [2.75, 3.05) is 13.2 Å². The predicted octanol–water partition coefficient (Wildman–Crippen LogP) is 3.16. The SMILES string of the molecule is CCOc1ccc(S(=O)(=O)NC[C@](C)(O)c2cc3ccccc3o2)cc1F. The minimum Gasteiger partial charge on any atom is -0.491 e. The van der Waals surface area contributed by atoms with E-state index in [1.54, 1.807) is 25.1 Å². The molecule has 0 spiro atoms. The minimum absolute atomic E-state index is 0.0225. The lowest BCUT2D eigenvalue weighted by atomic mass is 10.0. The number of rotatable bonds is 7. The van der Waals surface area contributed by atoms with Crippen molar-refractivity contribution >= 4 is 21.0 Å². The summed E-state index contributed by atoms with van der Waals surface area (Å²) in [4.78, 5) is -0.260. The molecule has 3 rings (SSSR count). The van der Waals surface area contributed by atoms with Crippen molar-refractivity contribution in [3.63, 3.8) is 0 Å². The third-order valence-corrected chi connectivity index (χ3v) is 5.48. The number of ether oxygens (including phenoxy) is 1. The Bertz CT molecular complexity index is 1030. The molecule has 27 heavy (non-hydrogen) atoms. The number of fused-ring (bicyclic) bond motifs is 1. The summed E-state index contributed by atoms with van der Waals surface area (Å²) < 4.78 is 51.8. The summed E-state index contributed by atoms with van der Waals surface area (Å²) in [5, 5.41) is 11.4. The Morgan fingerprint density at radius 3 is 2.63 bits per heavy atom. The number of benzene rings is 2. The highest BCUT2D eigenvalue weighted by molar-refractivity contribution is 7.89. The van der Waals surface area contributed by atoms with Crippen LogP contribution in [0.2, 0.25) is 0 Å². The Morgan fingerprint density at radius 2 is 1.96 bits per heavy atom. The Kier molecular flexibility index (Phi) is 5.23.